The molecule has 0 aliphatic carbocycles. The number of hydrogen-bond donors (Lipinski definition) is 4. The van der Waals surface area contributed by atoms with Crippen LogP contribution in [0.2, 0.25) is 0 Å². The van der Waals surface area contributed by atoms with Crippen molar-refractivity contribution in [2.24, 2.45) is 10.7 Å². The molecule has 1 aromatic heterocycles. The van der Waals surface area contributed by atoms with Gasteiger partial charge < -0.3 is 20.9 Å². The van der Waals surface area contributed by atoms with Crippen molar-refractivity contribution in [3.63, 3.8) is 0 Å². The Morgan fingerprint density at radius 2 is 2.33 bits per heavy atom. The number of amidine groups is 1. The van der Waals surface area contributed by atoms with Crippen LogP contribution in [-0.2, 0) is 9.59 Å². The zero-order valence-corrected chi connectivity index (χ0v) is 11.2. The molecule has 1 aliphatic rings. The summed E-state index contributed by atoms with van der Waals surface area (Å²) in [6.07, 6.45) is 3.39. The molecule has 9 heteroatoms. The molecule has 5 N–H and O–H groups in total. The Morgan fingerprint density at radius 3 is 2.86 bits per heavy atom. The Kier molecular flexibility index (Phi) is 4.15. The van der Waals surface area contributed by atoms with Gasteiger partial charge in [-0.15, -0.1) is 0 Å². The van der Waals surface area contributed by atoms with Crippen LogP contribution in [-0.4, -0.2) is 61.5 Å². The Balaban J connectivity index is 2.37. The van der Waals surface area contributed by atoms with Gasteiger partial charge >= 0.3 is 5.97 Å². The van der Waals surface area contributed by atoms with E-state index in [1.54, 1.807) is 0 Å². The van der Waals surface area contributed by atoms with Gasteiger partial charge in [0.25, 0.3) is 5.91 Å². The van der Waals surface area contributed by atoms with Gasteiger partial charge in [0.05, 0.1) is 30.4 Å². The first-order valence-corrected chi connectivity index (χ1v) is 6.16. The number of aromatic amines is 1. The van der Waals surface area contributed by atoms with E-state index in [9.17, 15) is 14.7 Å². The maximum absolute atomic E-state index is 12.2. The third-order valence-electron chi connectivity index (χ3n) is 2.90. The number of carboxylic acid groups (broad SMARTS) is 1. The van der Waals surface area contributed by atoms with Crippen molar-refractivity contribution in [3.05, 3.63) is 23.9 Å². The maximum atomic E-state index is 12.2. The van der Waals surface area contributed by atoms with E-state index < -0.39 is 30.6 Å². The lowest BCUT2D eigenvalue weighted by Crippen LogP contribution is -2.50. The molecule has 0 bridgehead atoms. The molecule has 1 aromatic rings. The predicted octanol–water partition coefficient (Wildman–Crippen LogP) is -1.22. The van der Waals surface area contributed by atoms with Crippen LogP contribution < -0.4 is 5.73 Å². The molecule has 2 rings (SSSR count). The average Bonchev–Trinajstić information content (AvgIpc) is 3.01. The quantitative estimate of drug-likeness (QED) is 0.501. The zero-order valence-electron chi connectivity index (χ0n) is 11.2. The third kappa shape index (κ3) is 3.15. The first kappa shape index (κ1) is 14.9. The second-order valence-electron chi connectivity index (χ2n) is 4.56. The van der Waals surface area contributed by atoms with Crippen LogP contribution in [0.1, 0.15) is 12.6 Å². The SMILES string of the molecule is CC(O)C(N)C1=NC(=Cc2cnc[nH]2)C(=O)N1CC(=O)O. The van der Waals surface area contributed by atoms with Crippen molar-refractivity contribution < 1.29 is 19.8 Å². The molecular weight excluding hydrogens is 278 g/mol. The number of amides is 1. The molecule has 2 atom stereocenters. The minimum atomic E-state index is -1.20. The lowest BCUT2D eigenvalue weighted by molar-refractivity contribution is -0.140. The molecular formula is C12H15N5O4. The Hall–Kier alpha value is -2.52. The van der Waals surface area contributed by atoms with E-state index >= 15 is 0 Å². The molecule has 2 unspecified atom stereocenters. The molecule has 0 saturated carbocycles. The van der Waals surface area contributed by atoms with E-state index in [0.717, 1.165) is 4.90 Å². The number of imidazole rings is 1. The van der Waals surface area contributed by atoms with Gasteiger partial charge in [0, 0.05) is 0 Å². The van der Waals surface area contributed by atoms with E-state index in [1.165, 1.54) is 25.5 Å². The van der Waals surface area contributed by atoms with Crippen LogP contribution in [0.3, 0.4) is 0 Å². The summed E-state index contributed by atoms with van der Waals surface area (Å²) in [7, 11) is 0. The largest absolute Gasteiger partial charge is 0.480 e. The first-order chi connectivity index (χ1) is 9.90. The molecule has 0 aromatic carbocycles. The van der Waals surface area contributed by atoms with E-state index in [-0.39, 0.29) is 11.5 Å². The van der Waals surface area contributed by atoms with Crippen molar-refractivity contribution >= 4 is 23.8 Å². The van der Waals surface area contributed by atoms with Crippen LogP contribution in [0.15, 0.2) is 23.2 Å². The van der Waals surface area contributed by atoms with Gasteiger partial charge in [-0.2, -0.15) is 0 Å². The highest BCUT2D eigenvalue weighted by Gasteiger charge is 2.36. The second kappa shape index (κ2) is 5.85. The molecule has 2 heterocycles. The number of nitrogens with zero attached hydrogens (tertiary/aromatic N) is 3. The fraction of sp³-hybridized carbons (Fsp3) is 0.333. The van der Waals surface area contributed by atoms with Crippen LogP contribution >= 0.6 is 0 Å². The number of carboxylic acids is 1. The Morgan fingerprint density at radius 1 is 1.62 bits per heavy atom. The predicted molar refractivity (Wildman–Crippen MR) is 73.0 cm³/mol. The van der Waals surface area contributed by atoms with Crippen LogP contribution in [0, 0.1) is 0 Å². The summed E-state index contributed by atoms with van der Waals surface area (Å²) in [4.78, 5) is 34.7. The van der Waals surface area contributed by atoms with Gasteiger partial charge in [0.1, 0.15) is 18.1 Å². The minimum absolute atomic E-state index is 0.0307. The molecule has 1 aliphatic heterocycles. The van der Waals surface area contributed by atoms with Gasteiger partial charge in [-0.25, -0.2) is 9.98 Å². The van der Waals surface area contributed by atoms with Crippen molar-refractivity contribution in [2.75, 3.05) is 6.54 Å². The highest BCUT2D eigenvalue weighted by Crippen LogP contribution is 2.19. The summed E-state index contributed by atoms with van der Waals surface area (Å²) in [5, 5.41) is 18.4. The minimum Gasteiger partial charge on any atom is -0.480 e. The second-order valence-corrected chi connectivity index (χ2v) is 4.56. The molecule has 9 nitrogen and oxygen atoms in total. The van der Waals surface area contributed by atoms with E-state index in [0.29, 0.717) is 5.69 Å². The van der Waals surface area contributed by atoms with Crippen LogP contribution in [0.5, 0.6) is 0 Å². The number of hydrogen-bond acceptors (Lipinski definition) is 6. The number of H-pyrrole nitrogens is 1. The number of aliphatic carboxylic acids is 1. The van der Waals surface area contributed by atoms with Gasteiger partial charge in [-0.05, 0) is 13.0 Å². The topological polar surface area (TPSA) is 145 Å². The number of rotatable bonds is 5. The Labute approximate surface area is 119 Å². The van der Waals surface area contributed by atoms with Gasteiger partial charge in [-0.1, -0.05) is 0 Å². The first-order valence-electron chi connectivity index (χ1n) is 6.16. The number of nitrogens with two attached hydrogens (primary N) is 1. The third-order valence-corrected chi connectivity index (χ3v) is 2.90. The fourth-order valence-electron chi connectivity index (χ4n) is 1.82. The van der Waals surface area contributed by atoms with Gasteiger partial charge in [0.15, 0.2) is 0 Å². The van der Waals surface area contributed by atoms with E-state index in [1.807, 2.05) is 0 Å². The number of aliphatic hydroxyl groups excluding tert-OH is 1. The summed E-state index contributed by atoms with van der Waals surface area (Å²) in [5.41, 5.74) is 6.35. The molecule has 21 heavy (non-hydrogen) atoms. The number of nitrogens with one attached hydrogen (secondary N) is 1. The summed E-state index contributed by atoms with van der Waals surface area (Å²) in [6.45, 7) is 0.867. The molecule has 0 radical (unpaired) electrons. The smallest absolute Gasteiger partial charge is 0.323 e. The van der Waals surface area contributed by atoms with Crippen LogP contribution in [0.4, 0.5) is 0 Å². The Bertz CT molecular complexity index is 605. The zero-order chi connectivity index (χ0) is 15.6. The molecule has 0 spiro atoms. The number of aromatic nitrogens is 2. The summed E-state index contributed by atoms with van der Waals surface area (Å²) < 4.78 is 0. The van der Waals surface area contributed by atoms with Crippen molar-refractivity contribution in [3.8, 4) is 0 Å². The molecule has 1 amide bonds. The maximum Gasteiger partial charge on any atom is 0.323 e. The summed E-state index contributed by atoms with van der Waals surface area (Å²) in [5.74, 6) is -1.75. The molecule has 0 fully saturated rings. The van der Waals surface area contributed by atoms with Crippen LogP contribution in [0.25, 0.3) is 6.08 Å². The van der Waals surface area contributed by atoms with Crippen molar-refractivity contribution in [1.29, 1.82) is 0 Å². The number of carbonyl (C=O) groups excluding carboxylic acids is 1. The highest BCUT2D eigenvalue weighted by atomic mass is 16.4. The molecule has 0 saturated heterocycles. The summed E-state index contributed by atoms with van der Waals surface area (Å²) in [6, 6.07) is -0.957. The molecule has 112 valence electrons. The normalized spacial score (nSPS) is 19.8. The number of aliphatic imine (C=N–C) groups is 1. The average molecular weight is 293 g/mol. The van der Waals surface area contributed by atoms with E-state index in [4.69, 9.17) is 10.8 Å². The fourth-order valence-corrected chi connectivity index (χ4v) is 1.82. The number of aliphatic hydroxyl groups is 1. The van der Waals surface area contributed by atoms with Gasteiger partial charge in [-0.3, -0.25) is 14.5 Å². The lowest BCUT2D eigenvalue weighted by atomic mass is 10.1. The summed E-state index contributed by atoms with van der Waals surface area (Å²) >= 11 is 0. The number of carbonyl (C=O) groups is 2. The van der Waals surface area contributed by atoms with Crippen molar-refractivity contribution in [2.45, 2.75) is 19.1 Å². The lowest BCUT2D eigenvalue weighted by Gasteiger charge is -2.22. The van der Waals surface area contributed by atoms with E-state index in [2.05, 4.69) is 15.0 Å². The van der Waals surface area contributed by atoms with Crippen molar-refractivity contribution in [1.82, 2.24) is 14.9 Å². The monoisotopic (exact) mass is 293 g/mol. The highest BCUT2D eigenvalue weighted by molar-refractivity contribution is 6.16. The van der Waals surface area contributed by atoms with Gasteiger partial charge in [0.2, 0.25) is 0 Å². The standard InChI is InChI=1S/C12H15N5O4/c1-6(18)10(13)11-16-8(2-7-3-14-5-15-7)12(21)17(11)4-9(19)20/h2-3,5-6,10,18H,4,13H2,1H3,(H,14,15)(H,19,20).